The summed E-state index contributed by atoms with van der Waals surface area (Å²) in [5, 5.41) is 18.1. The first kappa shape index (κ1) is 13.0. The number of carboxylic acids is 1. The van der Waals surface area contributed by atoms with Gasteiger partial charge in [0, 0.05) is 25.5 Å². The van der Waals surface area contributed by atoms with Crippen molar-refractivity contribution in [1.82, 2.24) is 4.90 Å². The molecule has 0 radical (unpaired) electrons. The Morgan fingerprint density at radius 1 is 1.56 bits per heavy atom. The molecule has 2 atom stereocenters. The number of nitrogens with zero attached hydrogens (tertiary/aromatic N) is 1. The van der Waals surface area contributed by atoms with E-state index in [1.165, 1.54) is 4.90 Å². The molecule has 1 aliphatic rings. The van der Waals surface area contributed by atoms with Crippen LogP contribution in [0.4, 0.5) is 0 Å². The highest BCUT2D eigenvalue weighted by Gasteiger charge is 2.37. The Hall–Kier alpha value is -1.10. The Morgan fingerprint density at radius 2 is 2.19 bits per heavy atom. The molecule has 1 aliphatic heterocycles. The Morgan fingerprint density at radius 3 is 2.56 bits per heavy atom. The molecule has 0 bridgehead atoms. The van der Waals surface area contributed by atoms with E-state index < -0.39 is 12.0 Å². The third-order valence-corrected chi connectivity index (χ3v) is 2.85. The Balaban J connectivity index is 2.71. The minimum atomic E-state index is -0.958. The monoisotopic (exact) mass is 229 g/mol. The van der Waals surface area contributed by atoms with Crippen molar-refractivity contribution in [3.05, 3.63) is 0 Å². The molecule has 0 aromatic rings. The smallest absolute Gasteiger partial charge is 0.326 e. The molecule has 5 heteroatoms. The molecule has 1 heterocycles. The second-order valence-electron chi connectivity index (χ2n) is 4.78. The topological polar surface area (TPSA) is 77.8 Å². The maximum absolute atomic E-state index is 11.6. The van der Waals surface area contributed by atoms with Gasteiger partial charge in [0.15, 0.2) is 0 Å². The lowest BCUT2D eigenvalue weighted by atomic mass is 10.0. The molecule has 0 spiro atoms. The summed E-state index contributed by atoms with van der Waals surface area (Å²) in [6, 6.07) is -0.746. The first-order valence-corrected chi connectivity index (χ1v) is 5.58. The number of aliphatic hydroxyl groups excluding tert-OH is 1. The van der Waals surface area contributed by atoms with Gasteiger partial charge in [-0.25, -0.2) is 4.79 Å². The van der Waals surface area contributed by atoms with Gasteiger partial charge in [-0.1, -0.05) is 13.8 Å². The predicted molar refractivity (Wildman–Crippen MR) is 57.8 cm³/mol. The molecule has 92 valence electrons. The molecule has 0 aromatic carbocycles. The van der Waals surface area contributed by atoms with E-state index in [0.717, 1.165) is 0 Å². The van der Waals surface area contributed by atoms with Crippen LogP contribution in [0.1, 0.15) is 26.7 Å². The lowest BCUT2D eigenvalue weighted by Gasteiger charge is -2.25. The molecule has 2 unspecified atom stereocenters. The standard InChI is InChI=1S/C11H19NO4/c1-7(2)3-9(11(15)16)12-5-8(6-13)4-10(12)14/h7-9,13H,3-6H2,1-2H3,(H,15,16). The van der Waals surface area contributed by atoms with E-state index in [1.54, 1.807) is 0 Å². The van der Waals surface area contributed by atoms with Crippen LogP contribution < -0.4 is 0 Å². The van der Waals surface area contributed by atoms with Crippen LogP contribution in [-0.2, 0) is 9.59 Å². The molecular formula is C11H19NO4. The van der Waals surface area contributed by atoms with Crippen molar-refractivity contribution in [1.29, 1.82) is 0 Å². The van der Waals surface area contributed by atoms with Gasteiger partial charge in [0.1, 0.15) is 6.04 Å². The van der Waals surface area contributed by atoms with Gasteiger partial charge in [0.2, 0.25) is 5.91 Å². The van der Waals surface area contributed by atoms with Crippen molar-refractivity contribution in [3.8, 4) is 0 Å². The summed E-state index contributed by atoms with van der Waals surface area (Å²) in [5.41, 5.74) is 0. The molecule has 16 heavy (non-hydrogen) atoms. The maximum Gasteiger partial charge on any atom is 0.326 e. The number of carboxylic acid groups (broad SMARTS) is 1. The van der Waals surface area contributed by atoms with E-state index in [0.29, 0.717) is 13.0 Å². The van der Waals surface area contributed by atoms with Crippen molar-refractivity contribution < 1.29 is 19.8 Å². The van der Waals surface area contributed by atoms with Crippen molar-refractivity contribution in [2.75, 3.05) is 13.2 Å². The first-order valence-electron chi connectivity index (χ1n) is 5.58. The van der Waals surface area contributed by atoms with Crippen LogP contribution in [0.5, 0.6) is 0 Å². The summed E-state index contributed by atoms with van der Waals surface area (Å²) in [4.78, 5) is 24.1. The van der Waals surface area contributed by atoms with E-state index in [-0.39, 0.29) is 30.8 Å². The van der Waals surface area contributed by atoms with Gasteiger partial charge in [0.25, 0.3) is 0 Å². The number of aliphatic hydroxyl groups is 1. The van der Waals surface area contributed by atoms with E-state index in [2.05, 4.69) is 0 Å². The third-order valence-electron chi connectivity index (χ3n) is 2.85. The Bertz CT molecular complexity index is 277. The van der Waals surface area contributed by atoms with Gasteiger partial charge >= 0.3 is 5.97 Å². The first-order chi connectivity index (χ1) is 7.45. The minimum Gasteiger partial charge on any atom is -0.480 e. The summed E-state index contributed by atoms with van der Waals surface area (Å²) in [7, 11) is 0. The molecule has 0 aliphatic carbocycles. The highest BCUT2D eigenvalue weighted by Crippen LogP contribution is 2.23. The molecule has 1 saturated heterocycles. The van der Waals surface area contributed by atoms with Gasteiger partial charge in [-0.3, -0.25) is 4.79 Å². The largest absolute Gasteiger partial charge is 0.480 e. The fourth-order valence-corrected chi connectivity index (χ4v) is 2.04. The molecule has 1 amide bonds. The van der Waals surface area contributed by atoms with Crippen LogP contribution in [0.25, 0.3) is 0 Å². The Labute approximate surface area is 95.1 Å². The average molecular weight is 229 g/mol. The summed E-state index contributed by atoms with van der Waals surface area (Å²) >= 11 is 0. The van der Waals surface area contributed by atoms with E-state index >= 15 is 0 Å². The zero-order valence-corrected chi connectivity index (χ0v) is 9.72. The number of aliphatic carboxylic acids is 1. The van der Waals surface area contributed by atoms with Crippen LogP contribution in [-0.4, -0.2) is 46.2 Å². The fourth-order valence-electron chi connectivity index (χ4n) is 2.04. The zero-order chi connectivity index (χ0) is 12.3. The van der Waals surface area contributed by atoms with Crippen LogP contribution in [0, 0.1) is 11.8 Å². The normalized spacial score (nSPS) is 22.9. The van der Waals surface area contributed by atoms with Crippen molar-refractivity contribution in [3.63, 3.8) is 0 Å². The maximum atomic E-state index is 11.6. The highest BCUT2D eigenvalue weighted by molar-refractivity contribution is 5.85. The molecule has 0 saturated carbocycles. The van der Waals surface area contributed by atoms with Gasteiger partial charge in [0.05, 0.1) is 0 Å². The third kappa shape index (κ3) is 2.95. The second kappa shape index (κ2) is 5.30. The molecular weight excluding hydrogens is 210 g/mol. The van der Waals surface area contributed by atoms with Crippen LogP contribution in [0.2, 0.25) is 0 Å². The number of likely N-dealkylation sites (tertiary alicyclic amines) is 1. The van der Waals surface area contributed by atoms with E-state index in [9.17, 15) is 9.59 Å². The SMILES string of the molecule is CC(C)CC(C(=O)O)N1CC(CO)CC1=O. The molecule has 5 nitrogen and oxygen atoms in total. The molecule has 1 rings (SSSR count). The van der Waals surface area contributed by atoms with Gasteiger partial charge < -0.3 is 15.1 Å². The number of hydrogen-bond donors (Lipinski definition) is 2. The number of amides is 1. The average Bonchev–Trinajstić information content (AvgIpc) is 2.55. The van der Waals surface area contributed by atoms with E-state index in [1.807, 2.05) is 13.8 Å². The van der Waals surface area contributed by atoms with Crippen molar-refractivity contribution in [2.45, 2.75) is 32.7 Å². The lowest BCUT2D eigenvalue weighted by Crippen LogP contribution is -2.43. The quantitative estimate of drug-likeness (QED) is 0.712. The highest BCUT2D eigenvalue weighted by atomic mass is 16.4. The molecule has 0 aromatic heterocycles. The van der Waals surface area contributed by atoms with E-state index in [4.69, 9.17) is 10.2 Å². The Kier molecular flexibility index (Phi) is 4.29. The number of rotatable bonds is 5. The predicted octanol–water partition coefficient (Wildman–Crippen LogP) is 0.326. The second-order valence-corrected chi connectivity index (χ2v) is 4.78. The summed E-state index contributed by atoms with van der Waals surface area (Å²) in [5.74, 6) is -1.00. The van der Waals surface area contributed by atoms with Gasteiger partial charge in [-0.05, 0) is 12.3 Å². The summed E-state index contributed by atoms with van der Waals surface area (Å²) in [6.07, 6.45) is 0.720. The lowest BCUT2D eigenvalue weighted by molar-refractivity contribution is -0.149. The van der Waals surface area contributed by atoms with Gasteiger partial charge in [-0.2, -0.15) is 0 Å². The number of carbonyl (C=O) groups excluding carboxylic acids is 1. The number of carbonyl (C=O) groups is 2. The zero-order valence-electron chi connectivity index (χ0n) is 9.72. The van der Waals surface area contributed by atoms with Crippen LogP contribution in [0.15, 0.2) is 0 Å². The van der Waals surface area contributed by atoms with Gasteiger partial charge in [-0.15, -0.1) is 0 Å². The molecule has 1 fully saturated rings. The van der Waals surface area contributed by atoms with Crippen molar-refractivity contribution >= 4 is 11.9 Å². The molecule has 2 N–H and O–H groups in total. The fraction of sp³-hybridized carbons (Fsp3) is 0.818. The minimum absolute atomic E-state index is 0.0593. The van der Waals surface area contributed by atoms with Crippen molar-refractivity contribution in [2.24, 2.45) is 11.8 Å². The summed E-state index contributed by atoms with van der Waals surface area (Å²) < 4.78 is 0. The summed E-state index contributed by atoms with van der Waals surface area (Å²) in [6.45, 7) is 4.16. The van der Waals surface area contributed by atoms with Crippen LogP contribution >= 0.6 is 0 Å². The number of hydrogen-bond acceptors (Lipinski definition) is 3. The van der Waals surface area contributed by atoms with Crippen LogP contribution in [0.3, 0.4) is 0 Å².